The van der Waals surface area contributed by atoms with Gasteiger partial charge in [0.05, 0.1) is 11.4 Å². The maximum Gasteiger partial charge on any atom is 0.303 e. The second-order valence-corrected chi connectivity index (χ2v) is 9.76. The summed E-state index contributed by atoms with van der Waals surface area (Å²) in [6.45, 7) is -0.449. The average Bonchev–Trinajstić information content (AvgIpc) is 2.84. The van der Waals surface area contributed by atoms with E-state index in [1.165, 1.54) is 24.3 Å². The van der Waals surface area contributed by atoms with Crippen molar-refractivity contribution in [2.24, 2.45) is 0 Å². The molecule has 10 heteroatoms. The van der Waals surface area contributed by atoms with Crippen molar-refractivity contribution in [1.82, 2.24) is 9.71 Å². The van der Waals surface area contributed by atoms with Crippen LogP contribution in [0.2, 0.25) is 5.02 Å². The number of benzene rings is 2. The van der Waals surface area contributed by atoms with E-state index in [-0.39, 0.29) is 11.3 Å². The van der Waals surface area contributed by atoms with E-state index in [4.69, 9.17) is 16.7 Å². The highest BCUT2D eigenvalue weighted by Crippen LogP contribution is 2.26. The number of aliphatic carboxylic acids is 1. The largest absolute Gasteiger partial charge is 0.481 e. The first-order valence-electron chi connectivity index (χ1n) is 10.7. The summed E-state index contributed by atoms with van der Waals surface area (Å²) in [5.74, 6) is -1.38. The lowest BCUT2D eigenvalue weighted by atomic mass is 9.97. The molecule has 1 amide bonds. The number of halogens is 1. The Kier molecular flexibility index (Phi) is 9.13. The molecule has 0 unspecified atom stereocenters. The maximum absolute atomic E-state index is 12.4. The number of carboxylic acids is 1. The zero-order valence-corrected chi connectivity index (χ0v) is 20.2. The average molecular weight is 514 g/mol. The van der Waals surface area contributed by atoms with Crippen molar-refractivity contribution >= 4 is 44.8 Å². The predicted octanol–water partition coefficient (Wildman–Crippen LogP) is 4.34. The van der Waals surface area contributed by atoms with Gasteiger partial charge in [0.2, 0.25) is 15.9 Å². The van der Waals surface area contributed by atoms with Crippen LogP contribution in [0.5, 0.6) is 0 Å². The van der Waals surface area contributed by atoms with E-state index in [0.717, 1.165) is 16.7 Å². The third kappa shape index (κ3) is 8.03. The fourth-order valence-corrected chi connectivity index (χ4v) is 4.36. The fourth-order valence-electron chi connectivity index (χ4n) is 3.25. The Hall–Kier alpha value is -3.53. The molecule has 0 aliphatic carbocycles. The second kappa shape index (κ2) is 12.3. The Morgan fingerprint density at radius 2 is 1.77 bits per heavy atom. The number of anilines is 1. The summed E-state index contributed by atoms with van der Waals surface area (Å²) in [7, 11) is -3.87. The molecule has 0 radical (unpaired) electrons. The number of hydrogen-bond donors (Lipinski definition) is 3. The monoisotopic (exact) mass is 513 g/mol. The van der Waals surface area contributed by atoms with E-state index in [9.17, 15) is 18.0 Å². The quantitative estimate of drug-likeness (QED) is 0.327. The third-order valence-corrected chi connectivity index (χ3v) is 6.59. The van der Waals surface area contributed by atoms with Gasteiger partial charge in [-0.05, 0) is 66.4 Å². The Morgan fingerprint density at radius 3 is 2.46 bits per heavy atom. The van der Waals surface area contributed by atoms with Gasteiger partial charge in [-0.3, -0.25) is 14.6 Å². The SMILES string of the molecule is O=C(O)CCCC=C(c1cccnc1)c1cccc(NC(=O)CNS(=O)(=O)c2ccc(Cl)cc2)c1. The highest BCUT2D eigenvalue weighted by atomic mass is 35.5. The van der Waals surface area contributed by atoms with Gasteiger partial charge in [0.15, 0.2) is 0 Å². The molecular weight excluding hydrogens is 490 g/mol. The van der Waals surface area contributed by atoms with E-state index in [0.29, 0.717) is 23.6 Å². The maximum atomic E-state index is 12.4. The lowest BCUT2D eigenvalue weighted by Gasteiger charge is -2.12. The third-order valence-electron chi connectivity index (χ3n) is 4.92. The Labute approximate surface area is 208 Å². The topological polar surface area (TPSA) is 125 Å². The molecule has 3 rings (SSSR count). The minimum atomic E-state index is -3.87. The summed E-state index contributed by atoms with van der Waals surface area (Å²) in [5.41, 5.74) is 2.98. The van der Waals surface area contributed by atoms with Crippen molar-refractivity contribution in [1.29, 1.82) is 0 Å². The standard InChI is InChI=1S/C25H24ClN3O5S/c26-20-10-12-22(13-11-20)35(33,34)28-17-24(30)29-21-7-3-5-18(15-21)23(8-1-2-9-25(31)32)19-6-4-14-27-16-19/h3-8,10-16,28H,1-2,9,17H2,(H,29,30)(H,31,32). The normalized spacial score (nSPS) is 11.7. The molecule has 0 spiro atoms. The molecule has 0 fully saturated rings. The lowest BCUT2D eigenvalue weighted by molar-refractivity contribution is -0.137. The van der Waals surface area contributed by atoms with Gasteiger partial charge < -0.3 is 10.4 Å². The summed E-state index contributed by atoms with van der Waals surface area (Å²) in [5, 5.41) is 12.0. The molecule has 1 aromatic heterocycles. The number of rotatable bonds is 11. The zero-order chi connectivity index (χ0) is 25.3. The minimum Gasteiger partial charge on any atom is -0.481 e. The van der Waals surface area contributed by atoms with Gasteiger partial charge in [0.25, 0.3) is 0 Å². The van der Waals surface area contributed by atoms with Crippen molar-refractivity contribution in [3.63, 3.8) is 0 Å². The van der Waals surface area contributed by atoms with Crippen molar-refractivity contribution in [3.8, 4) is 0 Å². The van der Waals surface area contributed by atoms with Crippen molar-refractivity contribution in [3.05, 3.63) is 95.3 Å². The first kappa shape index (κ1) is 26.1. The number of aromatic nitrogens is 1. The molecule has 182 valence electrons. The summed E-state index contributed by atoms with van der Waals surface area (Å²) in [6.07, 6.45) is 6.43. The first-order chi connectivity index (χ1) is 16.7. The number of allylic oxidation sites excluding steroid dienone is 1. The van der Waals surface area contributed by atoms with Crippen LogP contribution in [0.3, 0.4) is 0 Å². The molecule has 1 heterocycles. The Morgan fingerprint density at radius 1 is 1.03 bits per heavy atom. The minimum absolute atomic E-state index is 0.00541. The van der Waals surface area contributed by atoms with E-state index in [1.807, 2.05) is 18.2 Å². The molecule has 3 N–H and O–H groups in total. The van der Waals surface area contributed by atoms with Crippen LogP contribution in [0, 0.1) is 0 Å². The van der Waals surface area contributed by atoms with Crippen LogP contribution in [0.1, 0.15) is 30.4 Å². The molecule has 0 saturated heterocycles. The molecule has 0 aliphatic rings. The van der Waals surface area contributed by atoms with Crippen LogP contribution >= 0.6 is 11.6 Å². The van der Waals surface area contributed by atoms with Gasteiger partial charge >= 0.3 is 5.97 Å². The summed E-state index contributed by atoms with van der Waals surface area (Å²) in [6, 6.07) is 16.4. The molecule has 2 aromatic carbocycles. The second-order valence-electron chi connectivity index (χ2n) is 7.55. The summed E-state index contributed by atoms with van der Waals surface area (Å²) >= 11 is 5.79. The molecule has 0 saturated carbocycles. The number of carbonyl (C=O) groups is 2. The summed E-state index contributed by atoms with van der Waals surface area (Å²) < 4.78 is 27.0. The fraction of sp³-hybridized carbons (Fsp3) is 0.160. The molecule has 8 nitrogen and oxygen atoms in total. The number of nitrogens with one attached hydrogen (secondary N) is 2. The molecule has 3 aromatic rings. The number of unbranched alkanes of at least 4 members (excludes halogenated alkanes) is 1. The van der Waals surface area contributed by atoms with Crippen LogP contribution in [0.25, 0.3) is 5.57 Å². The van der Waals surface area contributed by atoms with Crippen molar-refractivity contribution in [2.45, 2.75) is 24.2 Å². The smallest absolute Gasteiger partial charge is 0.303 e. The highest BCUT2D eigenvalue weighted by molar-refractivity contribution is 7.89. The Bertz CT molecular complexity index is 1310. The number of carboxylic acid groups (broad SMARTS) is 1. The first-order valence-corrected chi connectivity index (χ1v) is 12.6. The van der Waals surface area contributed by atoms with Crippen LogP contribution in [0.15, 0.2) is 84.0 Å². The summed E-state index contributed by atoms with van der Waals surface area (Å²) in [4.78, 5) is 27.4. The Balaban J connectivity index is 1.71. The van der Waals surface area contributed by atoms with E-state index in [2.05, 4.69) is 15.0 Å². The van der Waals surface area contributed by atoms with Gasteiger partial charge in [-0.25, -0.2) is 13.1 Å². The van der Waals surface area contributed by atoms with E-state index < -0.39 is 28.4 Å². The van der Waals surface area contributed by atoms with Crippen LogP contribution in [-0.2, 0) is 19.6 Å². The van der Waals surface area contributed by atoms with Gasteiger partial charge in [0.1, 0.15) is 0 Å². The number of amides is 1. The molecule has 35 heavy (non-hydrogen) atoms. The molecule has 0 atom stereocenters. The van der Waals surface area contributed by atoms with Crippen molar-refractivity contribution < 1.29 is 23.1 Å². The number of pyridine rings is 1. The number of sulfonamides is 1. The van der Waals surface area contributed by atoms with E-state index in [1.54, 1.807) is 36.7 Å². The zero-order valence-electron chi connectivity index (χ0n) is 18.6. The number of nitrogens with zero attached hydrogens (tertiary/aromatic N) is 1. The molecule has 0 bridgehead atoms. The lowest BCUT2D eigenvalue weighted by Crippen LogP contribution is -2.32. The number of carbonyl (C=O) groups excluding carboxylic acids is 1. The predicted molar refractivity (Wildman–Crippen MR) is 135 cm³/mol. The van der Waals surface area contributed by atoms with Crippen LogP contribution < -0.4 is 10.0 Å². The van der Waals surface area contributed by atoms with Crippen LogP contribution in [-0.4, -0.2) is 36.9 Å². The van der Waals surface area contributed by atoms with Gasteiger partial charge in [-0.2, -0.15) is 0 Å². The van der Waals surface area contributed by atoms with Crippen LogP contribution in [0.4, 0.5) is 5.69 Å². The van der Waals surface area contributed by atoms with Gasteiger partial charge in [0, 0.05) is 35.1 Å². The van der Waals surface area contributed by atoms with Gasteiger partial charge in [-0.15, -0.1) is 0 Å². The van der Waals surface area contributed by atoms with Gasteiger partial charge in [-0.1, -0.05) is 35.9 Å². The number of hydrogen-bond acceptors (Lipinski definition) is 5. The van der Waals surface area contributed by atoms with Crippen molar-refractivity contribution in [2.75, 3.05) is 11.9 Å². The molecular formula is C25H24ClN3O5S. The highest BCUT2D eigenvalue weighted by Gasteiger charge is 2.16. The van der Waals surface area contributed by atoms with E-state index >= 15 is 0 Å². The molecule has 0 aliphatic heterocycles.